The van der Waals surface area contributed by atoms with Crippen LogP contribution in [0.4, 0.5) is 0 Å². The predicted octanol–water partition coefficient (Wildman–Crippen LogP) is 6.80. The van der Waals surface area contributed by atoms with Crippen molar-refractivity contribution in [3.8, 4) is 0 Å². The van der Waals surface area contributed by atoms with Crippen molar-refractivity contribution in [3.05, 3.63) is 42.0 Å². The van der Waals surface area contributed by atoms with Gasteiger partial charge < -0.3 is 5.32 Å². The van der Waals surface area contributed by atoms with Gasteiger partial charge in [0.2, 0.25) is 0 Å². The zero-order valence-corrected chi connectivity index (χ0v) is 16.5. The summed E-state index contributed by atoms with van der Waals surface area (Å²) in [5.41, 5.74) is 2.61. The molecular formula is C22H38ClN. The number of benzene rings is 1. The minimum Gasteiger partial charge on any atom is -0.316 e. The highest BCUT2D eigenvalue weighted by molar-refractivity contribution is 5.85. The van der Waals surface area contributed by atoms with Crippen molar-refractivity contribution >= 4 is 18.5 Å². The molecule has 0 aliphatic heterocycles. The lowest BCUT2D eigenvalue weighted by Crippen LogP contribution is -2.18. The van der Waals surface area contributed by atoms with Crippen LogP contribution >= 0.6 is 12.4 Å². The summed E-state index contributed by atoms with van der Waals surface area (Å²) < 4.78 is 0. The maximum atomic E-state index is 3.79. The van der Waals surface area contributed by atoms with Gasteiger partial charge in [0.25, 0.3) is 0 Å². The summed E-state index contributed by atoms with van der Waals surface area (Å²) >= 11 is 0. The Hall–Kier alpha value is -0.790. The second-order valence-electron chi connectivity index (χ2n) is 6.63. The molecule has 1 aromatic rings. The maximum absolute atomic E-state index is 3.79. The molecule has 24 heavy (non-hydrogen) atoms. The Balaban J connectivity index is 0.00000529. The average molecular weight is 352 g/mol. The molecule has 0 saturated carbocycles. The Bertz CT molecular complexity index is 385. The molecule has 0 bridgehead atoms. The average Bonchev–Trinajstić information content (AvgIpc) is 2.59. The van der Waals surface area contributed by atoms with Crippen LogP contribution in [-0.4, -0.2) is 13.1 Å². The van der Waals surface area contributed by atoms with E-state index in [0.717, 1.165) is 13.0 Å². The SMILES string of the molecule is C=Cc1ccc(CCNCCCCCCCCCCCC)cc1.Cl. The topological polar surface area (TPSA) is 12.0 Å². The number of unbranched alkanes of at least 4 members (excludes halogenated alkanes) is 9. The van der Waals surface area contributed by atoms with E-state index in [1.54, 1.807) is 0 Å². The van der Waals surface area contributed by atoms with Crippen LogP contribution in [0.2, 0.25) is 0 Å². The van der Waals surface area contributed by atoms with Crippen molar-refractivity contribution in [1.82, 2.24) is 5.32 Å². The van der Waals surface area contributed by atoms with Crippen LogP contribution in [0.5, 0.6) is 0 Å². The molecule has 1 aromatic carbocycles. The van der Waals surface area contributed by atoms with E-state index in [2.05, 4.69) is 43.1 Å². The Morgan fingerprint density at radius 3 is 1.88 bits per heavy atom. The van der Waals surface area contributed by atoms with Crippen LogP contribution in [0.1, 0.15) is 82.3 Å². The summed E-state index contributed by atoms with van der Waals surface area (Å²) in [5.74, 6) is 0. The van der Waals surface area contributed by atoms with E-state index in [1.165, 1.54) is 81.9 Å². The van der Waals surface area contributed by atoms with Crippen molar-refractivity contribution in [3.63, 3.8) is 0 Å². The van der Waals surface area contributed by atoms with E-state index >= 15 is 0 Å². The van der Waals surface area contributed by atoms with Gasteiger partial charge in [-0.25, -0.2) is 0 Å². The first-order valence-electron chi connectivity index (χ1n) is 9.79. The summed E-state index contributed by atoms with van der Waals surface area (Å²) in [5, 5.41) is 3.57. The predicted molar refractivity (Wildman–Crippen MR) is 112 cm³/mol. The summed E-state index contributed by atoms with van der Waals surface area (Å²) in [4.78, 5) is 0. The minimum atomic E-state index is 0. The molecule has 1 rings (SSSR count). The Morgan fingerprint density at radius 2 is 1.33 bits per heavy atom. The zero-order valence-electron chi connectivity index (χ0n) is 15.7. The molecule has 0 heterocycles. The lowest BCUT2D eigenvalue weighted by Gasteiger charge is -2.06. The second-order valence-corrected chi connectivity index (χ2v) is 6.63. The van der Waals surface area contributed by atoms with Gasteiger partial charge in [0.05, 0.1) is 0 Å². The minimum absolute atomic E-state index is 0. The maximum Gasteiger partial charge on any atom is -0.000835 e. The van der Waals surface area contributed by atoms with E-state index < -0.39 is 0 Å². The van der Waals surface area contributed by atoms with E-state index in [-0.39, 0.29) is 12.4 Å². The van der Waals surface area contributed by atoms with Crippen LogP contribution < -0.4 is 5.32 Å². The third kappa shape index (κ3) is 12.6. The van der Waals surface area contributed by atoms with Gasteiger partial charge in [-0.3, -0.25) is 0 Å². The van der Waals surface area contributed by atoms with Crippen molar-refractivity contribution < 1.29 is 0 Å². The Labute approximate surface area is 156 Å². The molecule has 1 N–H and O–H groups in total. The molecule has 0 aromatic heterocycles. The van der Waals surface area contributed by atoms with E-state index in [4.69, 9.17) is 0 Å². The smallest absolute Gasteiger partial charge is 0.000835 e. The fraction of sp³-hybridized carbons (Fsp3) is 0.636. The number of hydrogen-bond acceptors (Lipinski definition) is 1. The second kappa shape index (κ2) is 17.0. The molecule has 0 aliphatic rings. The fourth-order valence-electron chi connectivity index (χ4n) is 2.92. The quantitative estimate of drug-likeness (QED) is 0.342. The highest BCUT2D eigenvalue weighted by Gasteiger charge is 1.95. The third-order valence-electron chi connectivity index (χ3n) is 4.51. The largest absolute Gasteiger partial charge is 0.316 e. The molecule has 0 saturated heterocycles. The van der Waals surface area contributed by atoms with Crippen LogP contribution in [0.15, 0.2) is 30.8 Å². The molecule has 0 radical (unpaired) electrons. The van der Waals surface area contributed by atoms with Gasteiger partial charge in [-0.2, -0.15) is 0 Å². The van der Waals surface area contributed by atoms with E-state index in [1.807, 2.05) is 6.08 Å². The van der Waals surface area contributed by atoms with E-state index in [9.17, 15) is 0 Å². The highest BCUT2D eigenvalue weighted by Crippen LogP contribution is 2.10. The third-order valence-corrected chi connectivity index (χ3v) is 4.51. The van der Waals surface area contributed by atoms with Crippen molar-refractivity contribution in [2.75, 3.05) is 13.1 Å². The van der Waals surface area contributed by atoms with Gasteiger partial charge in [0.1, 0.15) is 0 Å². The monoisotopic (exact) mass is 351 g/mol. The lowest BCUT2D eigenvalue weighted by atomic mass is 10.1. The molecule has 0 fully saturated rings. The highest BCUT2D eigenvalue weighted by atomic mass is 35.5. The summed E-state index contributed by atoms with van der Waals surface area (Å²) in [6, 6.07) is 8.70. The van der Waals surface area contributed by atoms with Gasteiger partial charge in [-0.05, 0) is 37.1 Å². The molecule has 2 heteroatoms. The number of rotatable bonds is 15. The van der Waals surface area contributed by atoms with Gasteiger partial charge >= 0.3 is 0 Å². The molecule has 0 spiro atoms. The molecule has 138 valence electrons. The number of halogens is 1. The molecular weight excluding hydrogens is 314 g/mol. The lowest BCUT2D eigenvalue weighted by molar-refractivity contribution is 0.544. The van der Waals surface area contributed by atoms with Crippen molar-refractivity contribution in [2.45, 2.75) is 77.6 Å². The van der Waals surface area contributed by atoms with Crippen LogP contribution in [-0.2, 0) is 6.42 Å². The summed E-state index contributed by atoms with van der Waals surface area (Å²) in [6.07, 6.45) is 17.1. The van der Waals surface area contributed by atoms with Gasteiger partial charge in [0, 0.05) is 0 Å². The number of hydrogen-bond donors (Lipinski definition) is 1. The summed E-state index contributed by atoms with van der Waals surface area (Å²) in [6.45, 7) is 8.33. The first kappa shape index (κ1) is 23.2. The van der Waals surface area contributed by atoms with Crippen LogP contribution in [0.3, 0.4) is 0 Å². The molecule has 0 atom stereocenters. The zero-order chi connectivity index (χ0) is 16.6. The van der Waals surface area contributed by atoms with Gasteiger partial charge in [-0.15, -0.1) is 12.4 Å². The molecule has 0 unspecified atom stereocenters. The number of nitrogens with one attached hydrogen (secondary N) is 1. The molecule has 1 nitrogen and oxygen atoms in total. The summed E-state index contributed by atoms with van der Waals surface area (Å²) in [7, 11) is 0. The van der Waals surface area contributed by atoms with Crippen molar-refractivity contribution in [1.29, 1.82) is 0 Å². The first-order chi connectivity index (χ1) is 11.4. The fourth-order valence-corrected chi connectivity index (χ4v) is 2.92. The van der Waals surface area contributed by atoms with Crippen LogP contribution in [0.25, 0.3) is 6.08 Å². The van der Waals surface area contributed by atoms with Crippen molar-refractivity contribution in [2.24, 2.45) is 0 Å². The molecule has 0 amide bonds. The Morgan fingerprint density at radius 1 is 0.792 bits per heavy atom. The first-order valence-corrected chi connectivity index (χ1v) is 9.79. The Kier molecular flexibility index (Phi) is 16.5. The standard InChI is InChI=1S/C22H37N.ClH/c1-3-5-6-7-8-9-10-11-12-13-19-23-20-18-22-16-14-21(4-2)15-17-22;/h4,14-17,23H,2-3,5-13,18-20H2,1H3;1H. The normalized spacial score (nSPS) is 10.4. The van der Waals surface area contributed by atoms with E-state index in [0.29, 0.717) is 0 Å². The molecule has 0 aliphatic carbocycles. The van der Waals surface area contributed by atoms with Gasteiger partial charge in [-0.1, -0.05) is 102 Å². The van der Waals surface area contributed by atoms with Crippen LogP contribution in [0, 0.1) is 0 Å². The van der Waals surface area contributed by atoms with Gasteiger partial charge in [0.15, 0.2) is 0 Å².